The first-order valence-corrected chi connectivity index (χ1v) is 6.90. The molecule has 0 spiro atoms. The fraction of sp³-hybridized carbons (Fsp3) is 0.588. The van der Waals surface area contributed by atoms with Gasteiger partial charge in [-0.1, -0.05) is 38.1 Å². The minimum atomic E-state index is -0.509. The van der Waals surface area contributed by atoms with Crippen molar-refractivity contribution in [2.75, 3.05) is 0 Å². The lowest BCUT2D eigenvalue weighted by Gasteiger charge is -2.31. The van der Waals surface area contributed by atoms with E-state index in [0.29, 0.717) is 0 Å². The summed E-state index contributed by atoms with van der Waals surface area (Å²) in [5, 5.41) is 0. The van der Waals surface area contributed by atoms with E-state index in [1.54, 1.807) is 0 Å². The van der Waals surface area contributed by atoms with E-state index in [-0.39, 0.29) is 11.4 Å². The van der Waals surface area contributed by atoms with Gasteiger partial charge in [-0.3, -0.25) is 4.79 Å². The predicted molar refractivity (Wildman–Crippen MR) is 77.0 cm³/mol. The molecule has 0 bridgehead atoms. The molecule has 2 rings (SSSR count). The highest BCUT2D eigenvalue weighted by Gasteiger charge is 2.48. The van der Waals surface area contributed by atoms with E-state index in [1.807, 2.05) is 33.8 Å². The molecule has 104 valence electrons. The van der Waals surface area contributed by atoms with E-state index >= 15 is 0 Å². The maximum absolute atomic E-state index is 12.2. The molecule has 0 heterocycles. The molecule has 0 aliphatic heterocycles. The summed E-state index contributed by atoms with van der Waals surface area (Å²) in [6.07, 6.45) is 0.834. The van der Waals surface area contributed by atoms with Gasteiger partial charge in [-0.2, -0.15) is 0 Å². The second-order valence-corrected chi connectivity index (χ2v) is 7.48. The fourth-order valence-electron chi connectivity index (χ4n) is 3.02. The van der Waals surface area contributed by atoms with Crippen LogP contribution in [-0.4, -0.2) is 5.97 Å². The molecule has 1 unspecified atom stereocenters. The Morgan fingerprint density at radius 3 is 2.16 bits per heavy atom. The van der Waals surface area contributed by atoms with Gasteiger partial charge < -0.3 is 4.74 Å². The molecule has 1 aromatic carbocycles. The zero-order chi connectivity index (χ0) is 14.5. The Morgan fingerprint density at radius 2 is 1.63 bits per heavy atom. The second-order valence-electron chi connectivity index (χ2n) is 7.48. The smallest absolute Gasteiger partial charge is 0.312 e. The third-order valence-corrected chi connectivity index (χ3v) is 3.94. The van der Waals surface area contributed by atoms with Crippen LogP contribution < -0.4 is 0 Å². The summed E-state index contributed by atoms with van der Waals surface area (Å²) in [5.41, 5.74) is 1.51. The van der Waals surface area contributed by atoms with Crippen LogP contribution in [0, 0.1) is 5.41 Å². The normalized spacial score (nSPS) is 24.9. The average Bonchev–Trinajstić information content (AvgIpc) is 2.46. The van der Waals surface area contributed by atoms with Gasteiger partial charge in [0.1, 0.15) is 5.60 Å². The van der Waals surface area contributed by atoms with Crippen molar-refractivity contribution in [1.82, 2.24) is 0 Å². The number of fused-ring (bicyclic) bond motifs is 1. The van der Waals surface area contributed by atoms with E-state index in [9.17, 15) is 4.79 Å². The Hall–Kier alpha value is -1.31. The molecule has 2 nitrogen and oxygen atoms in total. The Balaban J connectivity index is 2.39. The van der Waals surface area contributed by atoms with Gasteiger partial charge in [-0.25, -0.2) is 0 Å². The maximum atomic E-state index is 12.2. The molecule has 1 aliphatic carbocycles. The highest BCUT2D eigenvalue weighted by atomic mass is 16.6. The Kier molecular flexibility index (Phi) is 3.04. The van der Waals surface area contributed by atoms with Crippen molar-refractivity contribution in [3.8, 4) is 0 Å². The van der Waals surface area contributed by atoms with Crippen LogP contribution >= 0.6 is 0 Å². The van der Waals surface area contributed by atoms with Crippen LogP contribution in [0.4, 0.5) is 0 Å². The topological polar surface area (TPSA) is 26.3 Å². The van der Waals surface area contributed by atoms with E-state index in [4.69, 9.17) is 4.74 Å². The van der Waals surface area contributed by atoms with Crippen molar-refractivity contribution in [3.63, 3.8) is 0 Å². The first kappa shape index (κ1) is 14.1. The van der Waals surface area contributed by atoms with Crippen LogP contribution in [0.25, 0.3) is 0 Å². The van der Waals surface area contributed by atoms with Crippen LogP contribution in [-0.2, 0) is 20.5 Å². The highest BCUT2D eigenvalue weighted by molar-refractivity contribution is 5.76. The van der Waals surface area contributed by atoms with Crippen LogP contribution in [0.5, 0.6) is 0 Å². The molecular weight excluding hydrogens is 236 g/mol. The summed E-state index contributed by atoms with van der Waals surface area (Å²) in [6.45, 7) is 12.1. The number of carbonyl (C=O) groups excluding carboxylic acids is 1. The molecule has 0 N–H and O–H groups in total. The van der Waals surface area contributed by atoms with Gasteiger partial charge >= 0.3 is 5.97 Å². The van der Waals surface area contributed by atoms with Gasteiger partial charge in [0.2, 0.25) is 0 Å². The van der Waals surface area contributed by atoms with Crippen molar-refractivity contribution >= 4 is 5.97 Å². The monoisotopic (exact) mass is 260 g/mol. The molecule has 1 atom stereocenters. The van der Waals surface area contributed by atoms with E-state index in [0.717, 1.165) is 12.0 Å². The predicted octanol–water partition coefficient (Wildman–Crippen LogP) is 4.17. The van der Waals surface area contributed by atoms with Crippen LogP contribution in [0.3, 0.4) is 0 Å². The first-order valence-electron chi connectivity index (χ1n) is 6.90. The zero-order valence-corrected chi connectivity index (χ0v) is 12.8. The number of esters is 1. The molecule has 0 fully saturated rings. The number of hydrogen-bond donors (Lipinski definition) is 0. The molecule has 0 saturated carbocycles. The molecular formula is C17H24O2. The van der Waals surface area contributed by atoms with Crippen molar-refractivity contribution < 1.29 is 9.53 Å². The number of carbonyl (C=O) groups is 1. The van der Waals surface area contributed by atoms with Crippen LogP contribution in [0.2, 0.25) is 0 Å². The minimum absolute atomic E-state index is 0.0451. The third-order valence-electron chi connectivity index (χ3n) is 3.94. The van der Waals surface area contributed by atoms with Gasteiger partial charge in [0.15, 0.2) is 0 Å². The highest BCUT2D eigenvalue weighted by Crippen LogP contribution is 2.50. The van der Waals surface area contributed by atoms with Gasteiger partial charge in [0, 0.05) is 6.42 Å². The summed E-state index contributed by atoms with van der Waals surface area (Å²) >= 11 is 0. The standard InChI is InChI=1S/C17H24O2/c1-15(2,3)14(18)19-17(6)11-16(4,5)12-9-7-8-10-13(12)17/h7-10H,11H2,1-6H3. The largest absolute Gasteiger partial charge is 0.454 e. The molecule has 0 amide bonds. The van der Waals surface area contributed by atoms with Gasteiger partial charge in [-0.05, 0) is 44.2 Å². The quantitative estimate of drug-likeness (QED) is 0.708. The summed E-state index contributed by atoms with van der Waals surface area (Å²) in [7, 11) is 0. The Morgan fingerprint density at radius 1 is 1.11 bits per heavy atom. The number of benzene rings is 1. The zero-order valence-electron chi connectivity index (χ0n) is 12.8. The number of ether oxygens (including phenoxy) is 1. The molecule has 19 heavy (non-hydrogen) atoms. The van der Waals surface area contributed by atoms with Gasteiger partial charge in [-0.15, -0.1) is 0 Å². The molecule has 1 aliphatic rings. The van der Waals surface area contributed by atoms with Crippen molar-refractivity contribution in [2.45, 2.75) is 59.0 Å². The van der Waals surface area contributed by atoms with E-state index in [1.165, 1.54) is 5.56 Å². The van der Waals surface area contributed by atoms with Gasteiger partial charge in [0.05, 0.1) is 5.41 Å². The lowest BCUT2D eigenvalue weighted by Crippen LogP contribution is -2.34. The lowest BCUT2D eigenvalue weighted by molar-refractivity contribution is -0.169. The van der Waals surface area contributed by atoms with E-state index in [2.05, 4.69) is 32.0 Å². The molecule has 0 saturated heterocycles. The molecule has 0 radical (unpaired) electrons. The third kappa shape index (κ3) is 2.41. The number of hydrogen-bond acceptors (Lipinski definition) is 2. The van der Waals surface area contributed by atoms with Crippen molar-refractivity contribution in [2.24, 2.45) is 5.41 Å². The van der Waals surface area contributed by atoms with Crippen molar-refractivity contribution in [1.29, 1.82) is 0 Å². The maximum Gasteiger partial charge on any atom is 0.312 e. The lowest BCUT2D eigenvalue weighted by atomic mass is 9.85. The van der Waals surface area contributed by atoms with Crippen LogP contribution in [0.15, 0.2) is 24.3 Å². The minimum Gasteiger partial charge on any atom is -0.454 e. The van der Waals surface area contributed by atoms with Crippen molar-refractivity contribution in [3.05, 3.63) is 35.4 Å². The summed E-state index contributed by atoms with van der Waals surface area (Å²) in [4.78, 5) is 12.2. The fourth-order valence-corrected chi connectivity index (χ4v) is 3.02. The van der Waals surface area contributed by atoms with Crippen LogP contribution in [0.1, 0.15) is 59.1 Å². The molecule has 2 heteroatoms. The molecule has 0 aromatic heterocycles. The number of rotatable bonds is 1. The summed E-state index contributed by atoms with van der Waals surface area (Å²) in [5.74, 6) is -0.137. The van der Waals surface area contributed by atoms with Gasteiger partial charge in [0.25, 0.3) is 0 Å². The SMILES string of the molecule is CC(C)(C)C(=O)OC1(C)CC(C)(C)c2ccccc21. The summed E-state index contributed by atoms with van der Waals surface area (Å²) < 4.78 is 5.89. The molecule has 1 aromatic rings. The second kappa shape index (κ2) is 4.09. The summed E-state index contributed by atoms with van der Waals surface area (Å²) in [6, 6.07) is 8.30. The average molecular weight is 260 g/mol. The first-order chi connectivity index (χ1) is 8.56. The van der Waals surface area contributed by atoms with E-state index < -0.39 is 11.0 Å². The Labute approximate surface area is 116 Å². The Bertz CT molecular complexity index is 508.